The van der Waals surface area contributed by atoms with Crippen molar-refractivity contribution < 1.29 is 9.53 Å². The van der Waals surface area contributed by atoms with E-state index in [4.69, 9.17) is 4.74 Å². The van der Waals surface area contributed by atoms with Gasteiger partial charge in [0.1, 0.15) is 11.6 Å². The van der Waals surface area contributed by atoms with Gasteiger partial charge in [0.2, 0.25) is 11.7 Å². The molecule has 222 valence electrons. The van der Waals surface area contributed by atoms with Crippen LogP contribution in [-0.4, -0.2) is 76.4 Å². The number of fused-ring (bicyclic) bond motifs is 3. The summed E-state index contributed by atoms with van der Waals surface area (Å²) in [6.07, 6.45) is 1.62. The molecule has 0 spiro atoms. The molecule has 3 heterocycles. The number of nitrogens with zero attached hydrogens (tertiary/aromatic N) is 6. The fourth-order valence-corrected chi connectivity index (χ4v) is 5.75. The second kappa shape index (κ2) is 13.1. The molecule has 3 aromatic carbocycles. The minimum absolute atomic E-state index is 0.0111. The zero-order valence-corrected chi connectivity index (χ0v) is 24.5. The van der Waals surface area contributed by atoms with E-state index in [2.05, 4.69) is 37.4 Å². The number of carbonyl (C=O) groups is 1. The van der Waals surface area contributed by atoms with E-state index in [1.54, 1.807) is 11.7 Å². The van der Waals surface area contributed by atoms with Gasteiger partial charge in [0.05, 0.1) is 24.6 Å². The molecule has 0 radical (unpaired) electrons. The average molecular weight is 580 g/mol. The summed E-state index contributed by atoms with van der Waals surface area (Å²) >= 11 is 0. The third-order valence-electron chi connectivity index (χ3n) is 8.12. The van der Waals surface area contributed by atoms with Crippen molar-refractivity contribution in [1.82, 2.24) is 29.4 Å². The molecular formula is C33H37N7O3. The summed E-state index contributed by atoms with van der Waals surface area (Å²) in [5, 5.41) is 12.5. The van der Waals surface area contributed by atoms with Gasteiger partial charge in [-0.15, -0.1) is 10.2 Å². The number of aryl methyl sites for hydroxylation is 1. The number of amides is 1. The quantitative estimate of drug-likeness (QED) is 0.240. The average Bonchev–Trinajstić information content (AvgIpc) is 3.49. The summed E-state index contributed by atoms with van der Waals surface area (Å²) in [7, 11) is 1.68. The minimum Gasteiger partial charge on any atom is -0.497 e. The van der Waals surface area contributed by atoms with Gasteiger partial charge >= 0.3 is 0 Å². The molecule has 0 unspecified atom stereocenters. The number of para-hydroxylation sites is 1. The zero-order chi connectivity index (χ0) is 29.6. The van der Waals surface area contributed by atoms with Crippen molar-refractivity contribution in [2.24, 2.45) is 0 Å². The lowest BCUT2D eigenvalue weighted by molar-refractivity contribution is -0.121. The van der Waals surface area contributed by atoms with Gasteiger partial charge in [-0.2, -0.15) is 0 Å². The maximum atomic E-state index is 13.4. The van der Waals surface area contributed by atoms with Crippen molar-refractivity contribution in [3.8, 4) is 5.75 Å². The van der Waals surface area contributed by atoms with Crippen LogP contribution in [0.1, 0.15) is 24.2 Å². The van der Waals surface area contributed by atoms with Crippen LogP contribution in [0.2, 0.25) is 0 Å². The Morgan fingerprint density at radius 1 is 0.907 bits per heavy atom. The third-order valence-corrected chi connectivity index (χ3v) is 8.12. The van der Waals surface area contributed by atoms with Gasteiger partial charge in [0.15, 0.2) is 0 Å². The highest BCUT2D eigenvalue weighted by molar-refractivity contribution is 5.80. The lowest BCUT2D eigenvalue weighted by Gasteiger charge is -2.36. The van der Waals surface area contributed by atoms with E-state index >= 15 is 0 Å². The van der Waals surface area contributed by atoms with Crippen molar-refractivity contribution >= 4 is 28.3 Å². The molecule has 1 aliphatic heterocycles. The molecule has 43 heavy (non-hydrogen) atoms. The molecule has 1 saturated heterocycles. The van der Waals surface area contributed by atoms with E-state index in [-0.39, 0.29) is 11.5 Å². The summed E-state index contributed by atoms with van der Waals surface area (Å²) in [5.41, 5.74) is 2.87. The molecule has 0 bridgehead atoms. The second-order valence-corrected chi connectivity index (χ2v) is 10.9. The summed E-state index contributed by atoms with van der Waals surface area (Å²) in [5.74, 6) is 2.01. The standard InChI is InChI=1S/C33H37N7O3/c1-43-27-14-12-26(13-15-27)38-22-20-37(21-23-38)19-7-18-34-31(41)17-16-30-35-36-33-39(24-25-8-3-2-4-9-25)32(42)28-10-5-6-11-29(28)40(30)33/h2-6,8-15H,7,16-24H2,1H3,(H,34,41). The number of aromatic nitrogens is 4. The Morgan fingerprint density at radius 3 is 2.42 bits per heavy atom. The van der Waals surface area contributed by atoms with Crippen LogP contribution in [0.15, 0.2) is 83.7 Å². The lowest BCUT2D eigenvalue weighted by atomic mass is 10.2. The van der Waals surface area contributed by atoms with Crippen molar-refractivity contribution in [2.75, 3.05) is 51.3 Å². The van der Waals surface area contributed by atoms with Gasteiger partial charge in [-0.05, 0) is 54.9 Å². The van der Waals surface area contributed by atoms with Gasteiger partial charge in [0.25, 0.3) is 5.56 Å². The van der Waals surface area contributed by atoms with Crippen LogP contribution < -0.4 is 20.5 Å². The minimum atomic E-state index is -0.106. The molecule has 2 aromatic heterocycles. The monoisotopic (exact) mass is 579 g/mol. The van der Waals surface area contributed by atoms with Crippen LogP contribution in [0.3, 0.4) is 0 Å². The maximum Gasteiger partial charge on any atom is 0.263 e. The molecule has 1 N–H and O–H groups in total. The van der Waals surface area contributed by atoms with Crippen LogP contribution in [0.4, 0.5) is 5.69 Å². The fraction of sp³-hybridized carbons (Fsp3) is 0.333. The van der Waals surface area contributed by atoms with E-state index in [9.17, 15) is 9.59 Å². The molecule has 5 aromatic rings. The van der Waals surface area contributed by atoms with Gasteiger partial charge in [-0.3, -0.25) is 23.5 Å². The SMILES string of the molecule is COc1ccc(N2CCN(CCCNC(=O)CCc3nnc4n(Cc5ccccc5)c(=O)c5ccccc5n34)CC2)cc1. The molecule has 10 nitrogen and oxygen atoms in total. The Bertz CT molecular complexity index is 1740. The van der Waals surface area contributed by atoms with E-state index in [0.29, 0.717) is 42.9 Å². The van der Waals surface area contributed by atoms with E-state index in [1.165, 1.54) is 5.69 Å². The number of hydrogen-bond donors (Lipinski definition) is 1. The van der Waals surface area contributed by atoms with Crippen molar-refractivity contribution in [1.29, 1.82) is 0 Å². The second-order valence-electron chi connectivity index (χ2n) is 10.9. The van der Waals surface area contributed by atoms with E-state index < -0.39 is 0 Å². The zero-order valence-electron chi connectivity index (χ0n) is 24.5. The molecule has 0 saturated carbocycles. The number of piperazine rings is 1. The molecule has 6 rings (SSSR count). The first kappa shape index (κ1) is 28.4. The van der Waals surface area contributed by atoms with Crippen LogP contribution in [0.5, 0.6) is 5.75 Å². The number of methoxy groups -OCH3 is 1. The van der Waals surface area contributed by atoms with Crippen molar-refractivity contribution in [3.63, 3.8) is 0 Å². The Hall–Kier alpha value is -4.70. The van der Waals surface area contributed by atoms with Crippen LogP contribution in [-0.2, 0) is 17.8 Å². The predicted molar refractivity (Wildman–Crippen MR) is 168 cm³/mol. The smallest absolute Gasteiger partial charge is 0.263 e. The van der Waals surface area contributed by atoms with Gasteiger partial charge < -0.3 is 15.0 Å². The Labute approximate surface area is 250 Å². The third kappa shape index (κ3) is 6.39. The largest absolute Gasteiger partial charge is 0.497 e. The fourth-order valence-electron chi connectivity index (χ4n) is 5.75. The molecule has 1 aliphatic rings. The first-order valence-electron chi connectivity index (χ1n) is 14.9. The van der Waals surface area contributed by atoms with Gasteiger partial charge in [-0.25, -0.2) is 0 Å². The van der Waals surface area contributed by atoms with E-state index in [0.717, 1.165) is 56.0 Å². The highest BCUT2D eigenvalue weighted by Crippen LogP contribution is 2.21. The van der Waals surface area contributed by atoms with E-state index in [1.807, 2.05) is 71.1 Å². The number of carbonyl (C=O) groups excluding carboxylic acids is 1. The van der Waals surface area contributed by atoms with Gasteiger partial charge in [0, 0.05) is 51.3 Å². The number of rotatable bonds is 11. The summed E-state index contributed by atoms with van der Waals surface area (Å²) in [6.45, 7) is 5.96. The molecule has 10 heteroatoms. The summed E-state index contributed by atoms with van der Waals surface area (Å²) < 4.78 is 8.84. The summed E-state index contributed by atoms with van der Waals surface area (Å²) in [4.78, 5) is 31.0. The Kier molecular flexibility index (Phi) is 8.65. The lowest BCUT2D eigenvalue weighted by Crippen LogP contribution is -2.47. The topological polar surface area (TPSA) is 97.0 Å². The first-order valence-corrected chi connectivity index (χ1v) is 14.9. The molecular weight excluding hydrogens is 542 g/mol. The first-order chi connectivity index (χ1) is 21.1. The summed E-state index contributed by atoms with van der Waals surface area (Å²) in [6, 6.07) is 25.6. The van der Waals surface area contributed by atoms with Crippen LogP contribution >= 0.6 is 0 Å². The molecule has 0 aliphatic carbocycles. The molecule has 0 atom stereocenters. The number of hydrogen-bond acceptors (Lipinski definition) is 7. The predicted octanol–water partition coefficient (Wildman–Crippen LogP) is 3.36. The maximum absolute atomic E-state index is 13.4. The highest BCUT2D eigenvalue weighted by Gasteiger charge is 2.19. The van der Waals surface area contributed by atoms with Crippen molar-refractivity contribution in [3.05, 3.63) is 101 Å². The molecule has 1 fully saturated rings. The van der Waals surface area contributed by atoms with Gasteiger partial charge in [-0.1, -0.05) is 42.5 Å². The number of nitrogens with one attached hydrogen (secondary N) is 1. The Morgan fingerprint density at radius 2 is 1.65 bits per heavy atom. The Balaban J connectivity index is 1.02. The molecule has 1 amide bonds. The van der Waals surface area contributed by atoms with Crippen LogP contribution in [0.25, 0.3) is 16.7 Å². The van der Waals surface area contributed by atoms with Crippen LogP contribution in [0, 0.1) is 0 Å². The number of benzene rings is 3. The van der Waals surface area contributed by atoms with Crippen molar-refractivity contribution in [2.45, 2.75) is 25.8 Å². The highest BCUT2D eigenvalue weighted by atomic mass is 16.5. The normalized spacial score (nSPS) is 13.9. The number of anilines is 1. The number of ether oxygens (including phenoxy) is 1.